The summed E-state index contributed by atoms with van der Waals surface area (Å²) in [6.07, 6.45) is 6.65. The van der Waals surface area contributed by atoms with Crippen LogP contribution in [0.15, 0.2) is 11.2 Å². The van der Waals surface area contributed by atoms with Crippen LogP contribution >= 0.6 is 11.6 Å². The molecular formula is C12H18ClN5. The van der Waals surface area contributed by atoms with E-state index in [1.54, 1.807) is 6.20 Å². The second-order valence-electron chi connectivity index (χ2n) is 5.06. The molecule has 0 radical (unpaired) electrons. The van der Waals surface area contributed by atoms with Crippen LogP contribution in [-0.2, 0) is 7.05 Å². The molecule has 1 saturated carbocycles. The molecule has 3 rings (SSSR count). The normalized spacial score (nSPS) is 24.9. The number of nitrogens with two attached hydrogens (primary N) is 1. The van der Waals surface area contributed by atoms with Gasteiger partial charge in [0.15, 0.2) is 5.96 Å². The van der Waals surface area contributed by atoms with Crippen molar-refractivity contribution in [3.63, 3.8) is 0 Å². The van der Waals surface area contributed by atoms with Crippen LogP contribution in [-0.4, -0.2) is 33.0 Å². The Hall–Kier alpha value is -1.23. The van der Waals surface area contributed by atoms with Crippen molar-refractivity contribution in [1.82, 2.24) is 14.5 Å². The number of aliphatic imine (C=N–C) groups is 1. The lowest BCUT2D eigenvalue weighted by Gasteiger charge is -2.31. The number of hydrogen-bond donors (Lipinski definition) is 1. The molecule has 1 aromatic rings. The molecule has 5 nitrogen and oxygen atoms in total. The Labute approximate surface area is 112 Å². The number of halogens is 1. The molecule has 1 aliphatic heterocycles. The van der Waals surface area contributed by atoms with Gasteiger partial charge in [0, 0.05) is 13.1 Å². The van der Waals surface area contributed by atoms with Crippen molar-refractivity contribution in [3.05, 3.63) is 17.2 Å². The summed E-state index contributed by atoms with van der Waals surface area (Å²) >= 11 is 6.06. The van der Waals surface area contributed by atoms with Gasteiger partial charge in [-0.05, 0) is 12.8 Å². The van der Waals surface area contributed by atoms with Gasteiger partial charge in [-0.1, -0.05) is 24.4 Å². The third kappa shape index (κ3) is 1.77. The molecular weight excluding hydrogens is 250 g/mol. The zero-order valence-corrected chi connectivity index (χ0v) is 11.3. The Balaban J connectivity index is 1.90. The standard InChI is InChI=1S/C12H18ClN5/c1-17-10(13)7-15-11(17)9-6-16-12(14)18(9)8-4-2-3-5-8/h7-9H,2-6H2,1H3,(H2,14,16). The van der Waals surface area contributed by atoms with E-state index < -0.39 is 0 Å². The highest BCUT2D eigenvalue weighted by Gasteiger charge is 2.36. The minimum Gasteiger partial charge on any atom is -0.370 e. The van der Waals surface area contributed by atoms with E-state index in [9.17, 15) is 0 Å². The number of imidazole rings is 1. The van der Waals surface area contributed by atoms with Crippen molar-refractivity contribution >= 4 is 17.6 Å². The lowest BCUT2D eigenvalue weighted by Crippen LogP contribution is -2.43. The monoisotopic (exact) mass is 267 g/mol. The highest BCUT2D eigenvalue weighted by atomic mass is 35.5. The molecule has 1 atom stereocenters. The van der Waals surface area contributed by atoms with Crippen molar-refractivity contribution in [2.45, 2.75) is 37.8 Å². The Bertz CT molecular complexity index is 475. The van der Waals surface area contributed by atoms with Crippen molar-refractivity contribution in [2.75, 3.05) is 6.54 Å². The minimum atomic E-state index is 0.144. The van der Waals surface area contributed by atoms with Gasteiger partial charge in [-0.15, -0.1) is 0 Å². The molecule has 2 heterocycles. The van der Waals surface area contributed by atoms with Crippen LogP contribution in [0.5, 0.6) is 0 Å². The number of rotatable bonds is 2. The summed E-state index contributed by atoms with van der Waals surface area (Å²) < 4.78 is 1.92. The first-order valence-electron chi connectivity index (χ1n) is 6.44. The molecule has 0 spiro atoms. The third-order valence-corrected chi connectivity index (χ3v) is 4.36. The predicted molar refractivity (Wildman–Crippen MR) is 71.5 cm³/mol. The molecule has 2 N–H and O–H groups in total. The zero-order valence-electron chi connectivity index (χ0n) is 10.5. The summed E-state index contributed by atoms with van der Waals surface area (Å²) in [5.74, 6) is 1.61. The van der Waals surface area contributed by atoms with Gasteiger partial charge >= 0.3 is 0 Å². The van der Waals surface area contributed by atoms with Gasteiger partial charge in [-0.3, -0.25) is 4.99 Å². The van der Waals surface area contributed by atoms with Crippen LogP contribution < -0.4 is 5.73 Å². The first-order chi connectivity index (χ1) is 8.68. The number of aromatic nitrogens is 2. The van der Waals surface area contributed by atoms with E-state index in [0.29, 0.717) is 23.7 Å². The third-order valence-electron chi connectivity index (χ3n) is 4.01. The van der Waals surface area contributed by atoms with E-state index in [1.165, 1.54) is 25.7 Å². The molecule has 6 heteroatoms. The van der Waals surface area contributed by atoms with Crippen LogP contribution in [0.3, 0.4) is 0 Å². The fraction of sp³-hybridized carbons (Fsp3) is 0.667. The first-order valence-corrected chi connectivity index (χ1v) is 6.81. The SMILES string of the molecule is Cn1c(Cl)cnc1C1CN=C(N)N1C1CCCC1. The van der Waals surface area contributed by atoms with E-state index >= 15 is 0 Å². The summed E-state index contributed by atoms with van der Waals surface area (Å²) in [5, 5.41) is 0.654. The van der Waals surface area contributed by atoms with Gasteiger partial charge in [0.2, 0.25) is 0 Å². The van der Waals surface area contributed by atoms with Gasteiger partial charge in [-0.2, -0.15) is 0 Å². The highest BCUT2D eigenvalue weighted by Crippen LogP contribution is 2.33. The molecule has 1 aromatic heterocycles. The molecule has 0 amide bonds. The summed E-state index contributed by atoms with van der Waals surface area (Å²) in [5.41, 5.74) is 6.05. The van der Waals surface area contributed by atoms with Crippen molar-refractivity contribution in [3.8, 4) is 0 Å². The summed E-state index contributed by atoms with van der Waals surface area (Å²) in [6, 6.07) is 0.655. The van der Waals surface area contributed by atoms with Crippen molar-refractivity contribution < 1.29 is 0 Å². The predicted octanol–water partition coefficient (Wildman–Crippen LogP) is 1.69. The molecule has 0 saturated heterocycles. The Kier molecular flexibility index (Phi) is 2.93. The maximum atomic E-state index is 6.06. The second kappa shape index (κ2) is 4.46. The van der Waals surface area contributed by atoms with Crippen LogP contribution in [0, 0.1) is 0 Å². The van der Waals surface area contributed by atoms with Crippen molar-refractivity contribution in [1.29, 1.82) is 0 Å². The largest absolute Gasteiger partial charge is 0.370 e. The Morgan fingerprint density at radius 2 is 2.11 bits per heavy atom. The number of nitrogens with zero attached hydrogens (tertiary/aromatic N) is 4. The molecule has 98 valence electrons. The Morgan fingerprint density at radius 1 is 1.39 bits per heavy atom. The quantitative estimate of drug-likeness (QED) is 0.887. The Morgan fingerprint density at radius 3 is 2.72 bits per heavy atom. The molecule has 18 heavy (non-hydrogen) atoms. The maximum Gasteiger partial charge on any atom is 0.192 e. The average Bonchev–Trinajstić information content (AvgIpc) is 3.03. The molecule has 0 aromatic carbocycles. The van der Waals surface area contributed by atoms with Gasteiger partial charge in [0.05, 0.1) is 12.7 Å². The van der Waals surface area contributed by atoms with Crippen molar-refractivity contribution in [2.24, 2.45) is 17.8 Å². The zero-order chi connectivity index (χ0) is 12.7. The van der Waals surface area contributed by atoms with Crippen LogP contribution in [0.1, 0.15) is 37.5 Å². The van der Waals surface area contributed by atoms with Crippen LogP contribution in [0.2, 0.25) is 5.15 Å². The van der Waals surface area contributed by atoms with E-state index in [4.69, 9.17) is 17.3 Å². The second-order valence-corrected chi connectivity index (χ2v) is 5.45. The molecule has 1 unspecified atom stereocenters. The molecule has 1 fully saturated rings. The van der Waals surface area contributed by atoms with E-state index in [0.717, 1.165) is 5.82 Å². The van der Waals surface area contributed by atoms with E-state index in [2.05, 4.69) is 14.9 Å². The van der Waals surface area contributed by atoms with E-state index in [-0.39, 0.29) is 6.04 Å². The summed E-state index contributed by atoms with van der Waals surface area (Å²) in [4.78, 5) is 11.0. The summed E-state index contributed by atoms with van der Waals surface area (Å²) in [6.45, 7) is 0.684. The van der Waals surface area contributed by atoms with Gasteiger partial charge in [0.25, 0.3) is 0 Å². The number of hydrogen-bond acceptors (Lipinski definition) is 4. The molecule has 0 bridgehead atoms. The lowest BCUT2D eigenvalue weighted by molar-refractivity contribution is 0.251. The number of guanidine groups is 1. The van der Waals surface area contributed by atoms with Crippen LogP contribution in [0.4, 0.5) is 0 Å². The van der Waals surface area contributed by atoms with Gasteiger partial charge in [0.1, 0.15) is 17.0 Å². The molecule has 2 aliphatic rings. The fourth-order valence-electron chi connectivity index (χ4n) is 3.05. The molecule has 1 aliphatic carbocycles. The topological polar surface area (TPSA) is 59.4 Å². The van der Waals surface area contributed by atoms with E-state index in [1.807, 2.05) is 11.6 Å². The highest BCUT2D eigenvalue weighted by molar-refractivity contribution is 6.29. The summed E-state index contributed by atoms with van der Waals surface area (Å²) in [7, 11) is 1.94. The average molecular weight is 268 g/mol. The lowest BCUT2D eigenvalue weighted by atomic mass is 10.1. The van der Waals surface area contributed by atoms with Crippen LogP contribution in [0.25, 0.3) is 0 Å². The van der Waals surface area contributed by atoms with Gasteiger partial charge in [-0.25, -0.2) is 4.98 Å². The van der Waals surface area contributed by atoms with Gasteiger partial charge < -0.3 is 15.2 Å². The first kappa shape index (κ1) is 11.8. The maximum absolute atomic E-state index is 6.06. The smallest absolute Gasteiger partial charge is 0.192 e. The minimum absolute atomic E-state index is 0.144. The fourth-order valence-corrected chi connectivity index (χ4v) is 3.19.